The van der Waals surface area contributed by atoms with Gasteiger partial charge in [-0.25, -0.2) is 0 Å². The first-order chi connectivity index (χ1) is 8.06. The van der Waals surface area contributed by atoms with E-state index in [-0.39, 0.29) is 5.91 Å². The molecule has 88 valence electrons. The standard InChI is InChI=1S/C12H9Cl2NOS/c1-7-6-8(13)2-3-9(7)15-12(16)10-4-5-11(14)17-10/h2-6H,1H3,(H,15,16). The van der Waals surface area contributed by atoms with Gasteiger partial charge in [0.1, 0.15) is 0 Å². The van der Waals surface area contributed by atoms with Gasteiger partial charge in [0.25, 0.3) is 5.91 Å². The predicted molar refractivity (Wildman–Crippen MR) is 73.5 cm³/mol. The number of nitrogens with one attached hydrogen (secondary N) is 1. The van der Waals surface area contributed by atoms with Gasteiger partial charge in [0, 0.05) is 10.7 Å². The van der Waals surface area contributed by atoms with Crippen molar-refractivity contribution >= 4 is 46.1 Å². The van der Waals surface area contributed by atoms with Crippen LogP contribution >= 0.6 is 34.5 Å². The molecular weight excluding hydrogens is 277 g/mol. The molecule has 0 aliphatic heterocycles. The van der Waals surface area contributed by atoms with Crippen molar-refractivity contribution in [3.8, 4) is 0 Å². The lowest BCUT2D eigenvalue weighted by Crippen LogP contribution is -2.10. The summed E-state index contributed by atoms with van der Waals surface area (Å²) in [6.45, 7) is 1.89. The molecule has 2 nitrogen and oxygen atoms in total. The molecule has 0 spiro atoms. The maximum Gasteiger partial charge on any atom is 0.265 e. The summed E-state index contributed by atoms with van der Waals surface area (Å²) in [6, 6.07) is 8.73. The van der Waals surface area contributed by atoms with Crippen LogP contribution in [0, 0.1) is 6.92 Å². The minimum atomic E-state index is -0.160. The van der Waals surface area contributed by atoms with Gasteiger partial charge in [-0.05, 0) is 42.8 Å². The van der Waals surface area contributed by atoms with Crippen molar-refractivity contribution in [1.82, 2.24) is 0 Å². The van der Waals surface area contributed by atoms with E-state index in [0.29, 0.717) is 14.2 Å². The molecule has 5 heteroatoms. The quantitative estimate of drug-likeness (QED) is 0.857. The van der Waals surface area contributed by atoms with Gasteiger partial charge >= 0.3 is 0 Å². The highest BCUT2D eigenvalue weighted by Crippen LogP contribution is 2.24. The Kier molecular flexibility index (Phi) is 3.72. The van der Waals surface area contributed by atoms with Crippen LogP contribution in [0.5, 0.6) is 0 Å². The summed E-state index contributed by atoms with van der Waals surface area (Å²) >= 11 is 12.9. The maximum atomic E-state index is 11.9. The van der Waals surface area contributed by atoms with Crippen LogP contribution in [0.15, 0.2) is 30.3 Å². The number of amides is 1. The van der Waals surface area contributed by atoms with E-state index in [2.05, 4.69) is 5.32 Å². The maximum absolute atomic E-state index is 11.9. The average Bonchev–Trinajstić information content (AvgIpc) is 2.69. The lowest BCUT2D eigenvalue weighted by Gasteiger charge is -2.07. The summed E-state index contributed by atoms with van der Waals surface area (Å²) in [6.07, 6.45) is 0. The molecule has 0 aliphatic carbocycles. The molecule has 0 bridgehead atoms. The molecule has 0 radical (unpaired) electrons. The third-order valence-corrected chi connectivity index (χ3v) is 3.70. The van der Waals surface area contributed by atoms with Gasteiger partial charge in [-0.2, -0.15) is 0 Å². The van der Waals surface area contributed by atoms with Crippen molar-refractivity contribution < 1.29 is 4.79 Å². The van der Waals surface area contributed by atoms with Crippen molar-refractivity contribution in [2.24, 2.45) is 0 Å². The first kappa shape index (κ1) is 12.4. The summed E-state index contributed by atoms with van der Waals surface area (Å²) < 4.78 is 0.600. The second-order valence-electron chi connectivity index (χ2n) is 3.52. The largest absolute Gasteiger partial charge is 0.321 e. The Bertz CT molecular complexity index is 565. The molecule has 0 fully saturated rings. The van der Waals surface area contributed by atoms with Crippen LogP contribution in [0.2, 0.25) is 9.36 Å². The molecule has 2 aromatic rings. The van der Waals surface area contributed by atoms with Crippen LogP contribution in [-0.4, -0.2) is 5.91 Å². The van der Waals surface area contributed by atoms with E-state index in [1.165, 1.54) is 11.3 Å². The highest BCUT2D eigenvalue weighted by molar-refractivity contribution is 7.18. The minimum Gasteiger partial charge on any atom is -0.321 e. The topological polar surface area (TPSA) is 29.1 Å². The number of anilines is 1. The molecule has 0 saturated carbocycles. The second kappa shape index (κ2) is 5.08. The van der Waals surface area contributed by atoms with Crippen molar-refractivity contribution in [2.45, 2.75) is 6.92 Å². The number of aryl methyl sites for hydroxylation is 1. The molecular formula is C12H9Cl2NOS. The van der Waals surface area contributed by atoms with E-state index in [1.807, 2.05) is 6.92 Å². The highest BCUT2D eigenvalue weighted by atomic mass is 35.5. The Morgan fingerprint density at radius 3 is 2.59 bits per heavy atom. The van der Waals surface area contributed by atoms with Crippen LogP contribution < -0.4 is 5.32 Å². The summed E-state index contributed by atoms with van der Waals surface area (Å²) in [5.41, 5.74) is 1.68. The Morgan fingerprint density at radius 2 is 2.00 bits per heavy atom. The normalized spacial score (nSPS) is 10.3. The Labute approximate surface area is 113 Å². The molecule has 17 heavy (non-hydrogen) atoms. The van der Waals surface area contributed by atoms with Crippen LogP contribution in [0.1, 0.15) is 15.2 Å². The summed E-state index contributed by atoms with van der Waals surface area (Å²) in [5.74, 6) is -0.160. The Morgan fingerprint density at radius 1 is 1.24 bits per heavy atom. The minimum absolute atomic E-state index is 0.160. The molecule has 0 unspecified atom stereocenters. The number of thiophene rings is 1. The van der Waals surface area contributed by atoms with Crippen molar-refractivity contribution in [3.05, 3.63) is 50.1 Å². The number of carbonyl (C=O) groups excluding carboxylic acids is 1. The lowest BCUT2D eigenvalue weighted by atomic mass is 10.2. The zero-order valence-electron chi connectivity index (χ0n) is 8.96. The van der Waals surface area contributed by atoms with Gasteiger partial charge in [0.05, 0.1) is 9.21 Å². The predicted octanol–water partition coefficient (Wildman–Crippen LogP) is 4.62. The molecule has 1 aromatic carbocycles. The molecule has 0 atom stereocenters. The second-order valence-corrected chi connectivity index (χ2v) is 5.67. The number of benzene rings is 1. The first-order valence-corrected chi connectivity index (χ1v) is 6.46. The molecule has 2 rings (SSSR count). The number of hydrogen-bond acceptors (Lipinski definition) is 2. The number of rotatable bonds is 2. The van der Waals surface area contributed by atoms with Gasteiger partial charge < -0.3 is 5.32 Å². The molecule has 1 aromatic heterocycles. The van der Waals surface area contributed by atoms with Crippen molar-refractivity contribution in [3.63, 3.8) is 0 Å². The molecule has 1 N–H and O–H groups in total. The number of hydrogen-bond donors (Lipinski definition) is 1. The fraction of sp³-hybridized carbons (Fsp3) is 0.0833. The smallest absolute Gasteiger partial charge is 0.265 e. The SMILES string of the molecule is Cc1cc(Cl)ccc1NC(=O)c1ccc(Cl)s1. The van der Waals surface area contributed by atoms with Gasteiger partial charge in [-0.1, -0.05) is 23.2 Å². The van der Waals surface area contributed by atoms with Gasteiger partial charge in [0.2, 0.25) is 0 Å². The first-order valence-electron chi connectivity index (χ1n) is 4.89. The van der Waals surface area contributed by atoms with E-state index in [1.54, 1.807) is 30.3 Å². The van der Waals surface area contributed by atoms with E-state index in [0.717, 1.165) is 11.3 Å². The summed E-state index contributed by atoms with van der Waals surface area (Å²) in [4.78, 5) is 12.5. The van der Waals surface area contributed by atoms with Crippen LogP contribution in [-0.2, 0) is 0 Å². The lowest BCUT2D eigenvalue weighted by molar-refractivity contribution is 0.103. The number of halogens is 2. The fourth-order valence-corrected chi connectivity index (χ4v) is 2.55. The average molecular weight is 286 g/mol. The van der Waals surface area contributed by atoms with E-state index >= 15 is 0 Å². The van der Waals surface area contributed by atoms with E-state index < -0.39 is 0 Å². The molecule has 1 amide bonds. The number of carbonyl (C=O) groups is 1. The van der Waals surface area contributed by atoms with E-state index in [9.17, 15) is 4.79 Å². The Balaban J connectivity index is 2.18. The van der Waals surface area contributed by atoms with Crippen molar-refractivity contribution in [2.75, 3.05) is 5.32 Å². The van der Waals surface area contributed by atoms with Crippen molar-refractivity contribution in [1.29, 1.82) is 0 Å². The van der Waals surface area contributed by atoms with Gasteiger partial charge in [-0.15, -0.1) is 11.3 Å². The highest BCUT2D eigenvalue weighted by Gasteiger charge is 2.10. The van der Waals surface area contributed by atoms with Crippen LogP contribution in [0.25, 0.3) is 0 Å². The Hall–Kier alpha value is -1.03. The van der Waals surface area contributed by atoms with Gasteiger partial charge in [-0.3, -0.25) is 4.79 Å². The molecule has 0 aliphatic rings. The molecule has 1 heterocycles. The third kappa shape index (κ3) is 3.00. The fourth-order valence-electron chi connectivity index (χ4n) is 1.39. The summed E-state index contributed by atoms with van der Waals surface area (Å²) in [5, 5.41) is 3.47. The molecule has 0 saturated heterocycles. The third-order valence-electron chi connectivity index (χ3n) is 2.23. The zero-order chi connectivity index (χ0) is 12.4. The van der Waals surface area contributed by atoms with E-state index in [4.69, 9.17) is 23.2 Å². The zero-order valence-corrected chi connectivity index (χ0v) is 11.3. The monoisotopic (exact) mass is 285 g/mol. The van der Waals surface area contributed by atoms with Crippen LogP contribution in [0.3, 0.4) is 0 Å². The van der Waals surface area contributed by atoms with Crippen LogP contribution in [0.4, 0.5) is 5.69 Å². The summed E-state index contributed by atoms with van der Waals surface area (Å²) in [7, 11) is 0. The van der Waals surface area contributed by atoms with Gasteiger partial charge in [0.15, 0.2) is 0 Å².